The number of carbonyl (C=O) groups is 1. The predicted octanol–water partition coefficient (Wildman–Crippen LogP) is 6.54. The molecule has 2 atom stereocenters. The molecule has 5 rings (SSSR count). The summed E-state index contributed by atoms with van der Waals surface area (Å²) in [5.74, 6) is 1.76. The third-order valence-electron chi connectivity index (χ3n) is 8.87. The first-order chi connectivity index (χ1) is 21.8. The molecule has 1 amide bonds. The van der Waals surface area contributed by atoms with Crippen molar-refractivity contribution in [2.45, 2.75) is 69.6 Å². The maximum atomic E-state index is 13.9. The molecule has 252 valence electrons. The molecule has 0 unspecified atom stereocenters. The zero-order valence-electron chi connectivity index (χ0n) is 26.7. The van der Waals surface area contributed by atoms with Crippen LogP contribution in [0.3, 0.4) is 0 Å². The van der Waals surface area contributed by atoms with Gasteiger partial charge in [0, 0.05) is 31.3 Å². The van der Waals surface area contributed by atoms with E-state index in [0.717, 1.165) is 55.2 Å². The molecular weight excluding hydrogens is 626 g/mol. The molecule has 2 aliphatic rings. The van der Waals surface area contributed by atoms with Gasteiger partial charge in [-0.25, -0.2) is 0 Å². The minimum absolute atomic E-state index is 0. The number of aliphatic hydroxyl groups is 1. The van der Waals surface area contributed by atoms with Gasteiger partial charge in [-0.15, -0.1) is 23.2 Å². The fraction of sp³-hybridized carbons (Fsp3) is 0.457. The molecule has 1 heterocycles. The van der Waals surface area contributed by atoms with Crippen LogP contribution in [0.15, 0.2) is 66.7 Å². The minimum atomic E-state index is -2.94. The molecule has 11 heteroatoms. The van der Waals surface area contributed by atoms with Crippen molar-refractivity contribution >= 4 is 34.8 Å². The number of methoxy groups -OCH3 is 2. The number of nitrogens with one attached hydrogen (secondary N) is 2. The van der Waals surface area contributed by atoms with Crippen molar-refractivity contribution in [1.82, 2.24) is 10.6 Å². The van der Waals surface area contributed by atoms with Crippen molar-refractivity contribution in [3.63, 3.8) is 0 Å². The van der Waals surface area contributed by atoms with Crippen LogP contribution < -0.4 is 24.4 Å². The smallest absolute Gasteiger partial charge is 0.251 e. The molecule has 0 aromatic heterocycles. The normalized spacial score (nSPS) is 18.2. The summed E-state index contributed by atoms with van der Waals surface area (Å²) in [5, 5.41) is 17.9. The lowest BCUT2D eigenvalue weighted by molar-refractivity contribution is 0.0829. The second-order valence-electron chi connectivity index (χ2n) is 12.1. The second kappa shape index (κ2) is 16.7. The summed E-state index contributed by atoms with van der Waals surface area (Å²) in [7, 11) is 0.275. The van der Waals surface area contributed by atoms with E-state index in [9.17, 15) is 19.0 Å². The number of ether oxygens (including phenoxy) is 2. The molecule has 0 radical (unpaired) electrons. The van der Waals surface area contributed by atoms with Crippen molar-refractivity contribution in [2.75, 3.05) is 37.4 Å². The van der Waals surface area contributed by atoms with Gasteiger partial charge in [-0.2, -0.15) is 0 Å². The first-order valence-corrected chi connectivity index (χ1v) is 17.6. The quantitative estimate of drug-likeness (QED) is 0.139. The van der Waals surface area contributed by atoms with Gasteiger partial charge in [-0.3, -0.25) is 18.2 Å². The lowest BCUT2D eigenvalue weighted by Gasteiger charge is -2.47. The molecule has 3 aromatic rings. The Morgan fingerprint density at radius 3 is 2.28 bits per heavy atom. The standard InChI is InChI=1S/C35H47N3O6S.ClH/c1-43-31-16-26(17-32(22-31)44-2)23-36-24-34(39)33(18-25-10-4-3-5-11-25)37-35(40)29-19-28(27-12-6-7-13-27)20-30(21-29)38-14-8-9-15-45(38,41)42;/h3-5,10-11,16-17,19-22,27,33-34,36,39,41-42H,6-9,12-15,18,23-24H2,1-2H3,(H,37,40);1H/t33-,34+;/m0./s1. The van der Waals surface area contributed by atoms with E-state index in [4.69, 9.17) is 9.47 Å². The Labute approximate surface area is 280 Å². The van der Waals surface area contributed by atoms with Crippen molar-refractivity contribution in [2.24, 2.45) is 0 Å². The van der Waals surface area contributed by atoms with Crippen LogP contribution in [-0.4, -0.2) is 65.3 Å². The van der Waals surface area contributed by atoms with Crippen LogP contribution in [0.5, 0.6) is 11.5 Å². The lowest BCUT2D eigenvalue weighted by Crippen LogP contribution is -2.48. The van der Waals surface area contributed by atoms with Gasteiger partial charge in [0.1, 0.15) is 11.5 Å². The summed E-state index contributed by atoms with van der Waals surface area (Å²) >= 11 is 0. The Balaban J connectivity index is 0.00000480. The van der Waals surface area contributed by atoms with E-state index >= 15 is 0 Å². The average Bonchev–Trinajstić information content (AvgIpc) is 3.60. The van der Waals surface area contributed by atoms with Gasteiger partial charge in [-0.05, 0) is 85.0 Å². The number of nitrogens with zero attached hydrogens (tertiary/aromatic N) is 1. The number of hydrogen-bond donors (Lipinski definition) is 5. The monoisotopic (exact) mass is 673 g/mol. The van der Waals surface area contributed by atoms with Gasteiger partial charge in [0.2, 0.25) is 0 Å². The SMILES string of the molecule is COc1cc(CNC[C@@H](O)[C@H](Cc2ccccc2)NC(=O)c2cc(C3CCCC3)cc(N3CCCCS3(O)O)c2)cc(OC)c1.Cl. The molecular formula is C35H48ClN3O6S. The van der Waals surface area contributed by atoms with Crippen LogP contribution in [0.1, 0.15) is 71.5 Å². The average molecular weight is 674 g/mol. The molecule has 0 spiro atoms. The number of anilines is 1. The zero-order valence-corrected chi connectivity index (χ0v) is 28.3. The van der Waals surface area contributed by atoms with Gasteiger partial charge in [-0.1, -0.05) is 43.2 Å². The van der Waals surface area contributed by atoms with E-state index in [1.807, 2.05) is 60.7 Å². The molecule has 1 aliphatic heterocycles. The minimum Gasteiger partial charge on any atom is -0.497 e. The molecule has 0 bridgehead atoms. The van der Waals surface area contributed by atoms with E-state index < -0.39 is 22.9 Å². The van der Waals surface area contributed by atoms with Crippen LogP contribution in [0.25, 0.3) is 0 Å². The summed E-state index contributed by atoms with van der Waals surface area (Å²) in [4.78, 5) is 13.9. The van der Waals surface area contributed by atoms with Gasteiger partial charge in [0.15, 0.2) is 0 Å². The van der Waals surface area contributed by atoms with Gasteiger partial charge in [0.25, 0.3) is 5.91 Å². The predicted molar refractivity (Wildman–Crippen MR) is 188 cm³/mol. The maximum Gasteiger partial charge on any atom is 0.251 e. The fourth-order valence-electron chi connectivity index (χ4n) is 6.39. The largest absolute Gasteiger partial charge is 0.497 e. The van der Waals surface area contributed by atoms with Crippen molar-refractivity contribution in [1.29, 1.82) is 0 Å². The lowest BCUT2D eigenvalue weighted by atomic mass is 9.94. The van der Waals surface area contributed by atoms with Gasteiger partial charge in [0.05, 0.1) is 37.8 Å². The molecule has 1 saturated heterocycles. The van der Waals surface area contributed by atoms with Crippen molar-refractivity contribution in [3.05, 3.63) is 89.0 Å². The maximum absolute atomic E-state index is 13.9. The molecule has 3 aromatic carbocycles. The van der Waals surface area contributed by atoms with Gasteiger partial charge >= 0.3 is 0 Å². The molecule has 1 saturated carbocycles. The highest BCUT2D eigenvalue weighted by atomic mass is 35.5. The number of hydrogen-bond acceptors (Lipinski definition) is 8. The second-order valence-corrected chi connectivity index (χ2v) is 14.2. The zero-order chi connectivity index (χ0) is 31.8. The highest BCUT2D eigenvalue weighted by Crippen LogP contribution is 2.50. The Morgan fingerprint density at radius 1 is 0.935 bits per heavy atom. The number of carbonyl (C=O) groups excluding carboxylic acids is 1. The molecule has 46 heavy (non-hydrogen) atoms. The Morgan fingerprint density at radius 2 is 1.63 bits per heavy atom. The van der Waals surface area contributed by atoms with Crippen LogP contribution in [0.4, 0.5) is 5.69 Å². The first kappa shape index (κ1) is 35.9. The van der Waals surface area contributed by atoms with E-state index in [1.54, 1.807) is 24.6 Å². The van der Waals surface area contributed by atoms with E-state index in [0.29, 0.717) is 53.9 Å². The van der Waals surface area contributed by atoms with Crippen LogP contribution >= 0.6 is 23.2 Å². The Hall–Kier alpha value is -2.99. The highest BCUT2D eigenvalue weighted by molar-refractivity contribution is 8.25. The van der Waals surface area contributed by atoms with Gasteiger partial charge < -0.3 is 25.2 Å². The molecule has 9 nitrogen and oxygen atoms in total. The number of benzene rings is 3. The van der Waals surface area contributed by atoms with E-state index in [-0.39, 0.29) is 24.9 Å². The van der Waals surface area contributed by atoms with Crippen LogP contribution in [0.2, 0.25) is 0 Å². The summed E-state index contributed by atoms with van der Waals surface area (Å²) in [6.07, 6.45) is 5.62. The van der Waals surface area contributed by atoms with Crippen molar-refractivity contribution < 1.29 is 28.5 Å². The number of amides is 1. The topological polar surface area (TPSA) is 124 Å². The highest BCUT2D eigenvalue weighted by Gasteiger charge is 2.30. The third kappa shape index (κ3) is 9.30. The summed E-state index contributed by atoms with van der Waals surface area (Å²) in [6, 6.07) is 20.6. The summed E-state index contributed by atoms with van der Waals surface area (Å²) in [6.45, 7) is 1.27. The number of rotatable bonds is 13. The van der Waals surface area contributed by atoms with E-state index in [1.165, 1.54) is 0 Å². The molecule has 1 aliphatic carbocycles. The van der Waals surface area contributed by atoms with Crippen molar-refractivity contribution in [3.8, 4) is 11.5 Å². The first-order valence-electron chi connectivity index (χ1n) is 15.9. The number of aliphatic hydroxyl groups excluding tert-OH is 1. The Kier molecular flexibility index (Phi) is 13.0. The summed E-state index contributed by atoms with van der Waals surface area (Å²) < 4.78 is 34.2. The van der Waals surface area contributed by atoms with E-state index in [2.05, 4.69) is 10.6 Å². The van der Waals surface area contributed by atoms with Crippen LogP contribution in [-0.2, 0) is 13.0 Å². The summed E-state index contributed by atoms with van der Waals surface area (Å²) in [5.41, 5.74) is 4.16. The third-order valence-corrected chi connectivity index (χ3v) is 10.8. The van der Waals surface area contributed by atoms with Crippen LogP contribution in [0, 0.1) is 0 Å². The molecule has 2 fully saturated rings. The Bertz CT molecular complexity index is 1400. The fourth-order valence-corrected chi connectivity index (χ4v) is 8.06. The number of halogens is 1. The molecule has 5 N–H and O–H groups in total.